The third kappa shape index (κ3) is 1.77. The van der Waals surface area contributed by atoms with Gasteiger partial charge in [-0.05, 0) is 29.2 Å². The minimum absolute atomic E-state index is 0.112. The first-order chi connectivity index (χ1) is 8.66. The number of ketones is 1. The van der Waals surface area contributed by atoms with Crippen LogP contribution in [0, 0.1) is 5.92 Å². The van der Waals surface area contributed by atoms with Crippen molar-refractivity contribution in [2.24, 2.45) is 5.92 Å². The summed E-state index contributed by atoms with van der Waals surface area (Å²) in [5.41, 5.74) is 4.20. The molecule has 0 amide bonds. The van der Waals surface area contributed by atoms with Gasteiger partial charge in [0, 0.05) is 22.8 Å². The summed E-state index contributed by atoms with van der Waals surface area (Å²) >= 11 is 5.25. The monoisotopic (exact) mass is 254 g/mol. The quantitative estimate of drug-likeness (QED) is 0.710. The summed E-state index contributed by atoms with van der Waals surface area (Å²) in [7, 11) is 0. The molecule has 0 heterocycles. The fourth-order valence-electron chi connectivity index (χ4n) is 2.72. The van der Waals surface area contributed by atoms with Gasteiger partial charge in [-0.1, -0.05) is 49.5 Å². The number of benzene rings is 1. The number of rotatable bonds is 1. The molecule has 1 atom stereocenters. The van der Waals surface area contributed by atoms with Crippen molar-refractivity contribution in [3.63, 3.8) is 0 Å². The molecule has 0 N–H and O–H groups in total. The summed E-state index contributed by atoms with van der Waals surface area (Å²) in [5.74, 6) is 0.382. The number of carbonyl (C=O) groups excluding carboxylic acids is 1. The van der Waals surface area contributed by atoms with E-state index < -0.39 is 0 Å². The first-order valence-corrected chi connectivity index (χ1v) is 6.65. The third-order valence-electron chi connectivity index (χ3n) is 3.61. The Kier molecular flexibility index (Phi) is 2.75. The molecule has 0 radical (unpaired) electrons. The Bertz CT molecular complexity index is 608. The van der Waals surface area contributed by atoms with Crippen LogP contribution in [0.5, 0.6) is 0 Å². The number of Topliss-reactive ketones (excluding diaryl/α,β-unsaturated/α-hetero) is 1. The summed E-state index contributed by atoms with van der Waals surface area (Å²) in [6.07, 6.45) is 7.85. The summed E-state index contributed by atoms with van der Waals surface area (Å²) in [4.78, 5) is 13.2. The molecule has 1 aromatic carbocycles. The maximum Gasteiger partial charge on any atom is 0.166 e. The lowest BCUT2D eigenvalue weighted by molar-refractivity contribution is 0.0946. The SMILES string of the molecule is CC1Cc2cccc(C3=CC(=S)CC=C3)c2C1=O. The molecule has 1 unspecified atom stereocenters. The molecule has 90 valence electrons. The zero-order valence-electron chi connectivity index (χ0n) is 10.3. The lowest BCUT2D eigenvalue weighted by Crippen LogP contribution is -2.06. The second-order valence-electron chi connectivity index (χ2n) is 4.98. The molecule has 0 aliphatic heterocycles. The van der Waals surface area contributed by atoms with Gasteiger partial charge in [0.15, 0.2) is 5.78 Å². The van der Waals surface area contributed by atoms with Gasteiger partial charge in [-0.25, -0.2) is 0 Å². The van der Waals surface area contributed by atoms with E-state index in [2.05, 4.69) is 18.2 Å². The fourth-order valence-corrected chi connectivity index (χ4v) is 2.94. The Morgan fingerprint density at radius 1 is 1.33 bits per heavy atom. The molecule has 0 aromatic heterocycles. The average molecular weight is 254 g/mol. The highest BCUT2D eigenvalue weighted by atomic mass is 32.1. The van der Waals surface area contributed by atoms with Crippen molar-refractivity contribution in [3.8, 4) is 0 Å². The molecule has 2 aliphatic carbocycles. The highest BCUT2D eigenvalue weighted by molar-refractivity contribution is 7.80. The Hall–Kier alpha value is -1.54. The Morgan fingerprint density at radius 2 is 2.17 bits per heavy atom. The molecule has 3 rings (SSSR count). The predicted molar refractivity (Wildman–Crippen MR) is 78.0 cm³/mol. The van der Waals surface area contributed by atoms with Gasteiger partial charge in [0.2, 0.25) is 0 Å². The van der Waals surface area contributed by atoms with Crippen LogP contribution < -0.4 is 0 Å². The Labute approximate surface area is 112 Å². The van der Waals surface area contributed by atoms with Crippen LogP contribution in [0.15, 0.2) is 36.4 Å². The zero-order chi connectivity index (χ0) is 12.7. The topological polar surface area (TPSA) is 17.1 Å². The third-order valence-corrected chi connectivity index (χ3v) is 3.90. The molecule has 0 saturated heterocycles. The van der Waals surface area contributed by atoms with Crippen LogP contribution in [-0.4, -0.2) is 10.6 Å². The van der Waals surface area contributed by atoms with Crippen molar-refractivity contribution in [3.05, 3.63) is 53.1 Å². The molecule has 2 heteroatoms. The van der Waals surface area contributed by atoms with Crippen LogP contribution in [0.2, 0.25) is 0 Å². The second kappa shape index (κ2) is 4.29. The lowest BCUT2D eigenvalue weighted by atomic mass is 9.93. The minimum atomic E-state index is 0.112. The van der Waals surface area contributed by atoms with Crippen molar-refractivity contribution in [2.45, 2.75) is 19.8 Å². The van der Waals surface area contributed by atoms with Crippen LogP contribution in [0.4, 0.5) is 0 Å². The maximum absolute atomic E-state index is 12.3. The van der Waals surface area contributed by atoms with Crippen LogP contribution in [0.3, 0.4) is 0 Å². The van der Waals surface area contributed by atoms with E-state index >= 15 is 0 Å². The zero-order valence-corrected chi connectivity index (χ0v) is 11.1. The van der Waals surface area contributed by atoms with Crippen LogP contribution in [-0.2, 0) is 6.42 Å². The number of hydrogen-bond acceptors (Lipinski definition) is 2. The summed E-state index contributed by atoms with van der Waals surface area (Å²) in [6.45, 7) is 2.00. The van der Waals surface area contributed by atoms with Crippen molar-refractivity contribution < 1.29 is 4.79 Å². The van der Waals surface area contributed by atoms with Crippen LogP contribution in [0.25, 0.3) is 5.57 Å². The maximum atomic E-state index is 12.3. The summed E-state index contributed by atoms with van der Waals surface area (Å²) < 4.78 is 0. The predicted octanol–water partition coefficient (Wildman–Crippen LogP) is 3.77. The number of thiocarbonyl (C=S) groups is 1. The molecule has 1 aromatic rings. The molecule has 0 saturated carbocycles. The minimum Gasteiger partial charge on any atom is -0.294 e. The smallest absolute Gasteiger partial charge is 0.166 e. The van der Waals surface area contributed by atoms with E-state index in [1.165, 1.54) is 5.56 Å². The van der Waals surface area contributed by atoms with E-state index in [1.807, 2.05) is 25.1 Å². The Balaban J connectivity index is 2.16. The number of fused-ring (bicyclic) bond motifs is 1. The molecular weight excluding hydrogens is 240 g/mol. The van der Waals surface area contributed by atoms with Gasteiger partial charge in [-0.3, -0.25) is 4.79 Å². The summed E-state index contributed by atoms with van der Waals surface area (Å²) in [5, 5.41) is 0. The number of carbonyl (C=O) groups is 1. The van der Waals surface area contributed by atoms with Gasteiger partial charge in [0.25, 0.3) is 0 Å². The van der Waals surface area contributed by atoms with Gasteiger partial charge >= 0.3 is 0 Å². The van der Waals surface area contributed by atoms with Gasteiger partial charge < -0.3 is 0 Å². The van der Waals surface area contributed by atoms with Crippen LogP contribution in [0.1, 0.15) is 34.8 Å². The standard InChI is InChI=1S/C16H14OS/c1-10-8-12-5-3-7-14(15(12)16(10)17)11-4-2-6-13(18)9-11/h2-5,7,9-10H,6,8H2,1H3. The highest BCUT2D eigenvalue weighted by Crippen LogP contribution is 2.33. The van der Waals surface area contributed by atoms with Crippen LogP contribution >= 0.6 is 12.2 Å². The molecule has 0 bridgehead atoms. The van der Waals surface area contributed by atoms with E-state index in [0.717, 1.165) is 34.4 Å². The average Bonchev–Trinajstić information content (AvgIpc) is 2.65. The summed E-state index contributed by atoms with van der Waals surface area (Å²) in [6, 6.07) is 6.12. The van der Waals surface area contributed by atoms with Crippen molar-refractivity contribution in [2.75, 3.05) is 0 Å². The molecule has 2 aliphatic rings. The molecule has 18 heavy (non-hydrogen) atoms. The largest absolute Gasteiger partial charge is 0.294 e. The first kappa shape index (κ1) is 11.5. The fraction of sp³-hybridized carbons (Fsp3) is 0.250. The van der Waals surface area contributed by atoms with Gasteiger partial charge in [0.1, 0.15) is 0 Å². The van der Waals surface area contributed by atoms with E-state index in [0.29, 0.717) is 0 Å². The van der Waals surface area contributed by atoms with Gasteiger partial charge in [0.05, 0.1) is 0 Å². The van der Waals surface area contributed by atoms with E-state index in [-0.39, 0.29) is 11.7 Å². The highest BCUT2D eigenvalue weighted by Gasteiger charge is 2.29. The first-order valence-electron chi connectivity index (χ1n) is 6.24. The molecule has 0 spiro atoms. The normalized spacial score (nSPS) is 22.1. The van der Waals surface area contributed by atoms with Crippen molar-refractivity contribution >= 4 is 28.4 Å². The van der Waals surface area contributed by atoms with Gasteiger partial charge in [-0.2, -0.15) is 0 Å². The second-order valence-corrected chi connectivity index (χ2v) is 5.51. The lowest BCUT2D eigenvalue weighted by Gasteiger charge is -2.12. The number of allylic oxidation sites excluding steroid dienone is 4. The van der Waals surface area contributed by atoms with Crippen molar-refractivity contribution in [1.82, 2.24) is 0 Å². The van der Waals surface area contributed by atoms with E-state index in [9.17, 15) is 4.79 Å². The molecule has 1 nitrogen and oxygen atoms in total. The van der Waals surface area contributed by atoms with E-state index in [4.69, 9.17) is 12.2 Å². The molecular formula is C16H14OS. The van der Waals surface area contributed by atoms with E-state index in [1.54, 1.807) is 0 Å². The Morgan fingerprint density at radius 3 is 2.94 bits per heavy atom. The van der Waals surface area contributed by atoms with Crippen molar-refractivity contribution in [1.29, 1.82) is 0 Å². The number of hydrogen-bond donors (Lipinski definition) is 0. The molecule has 0 fully saturated rings. The van der Waals surface area contributed by atoms with Gasteiger partial charge in [-0.15, -0.1) is 0 Å².